The second kappa shape index (κ2) is 6.67. The van der Waals surface area contributed by atoms with Crippen LogP contribution in [0.3, 0.4) is 0 Å². The van der Waals surface area contributed by atoms with Gasteiger partial charge in [0.15, 0.2) is 0 Å². The second-order valence-electron chi connectivity index (χ2n) is 7.39. The summed E-state index contributed by atoms with van der Waals surface area (Å²) < 4.78 is 11.8. The summed E-state index contributed by atoms with van der Waals surface area (Å²) in [4.78, 5) is 4.51. The van der Waals surface area contributed by atoms with E-state index in [0.29, 0.717) is 18.5 Å². The van der Waals surface area contributed by atoms with Gasteiger partial charge in [0.05, 0.1) is 12.2 Å². The fraction of sp³-hybridized carbons (Fsp3) is 0.579. The average Bonchev–Trinajstić information content (AvgIpc) is 3.03. The van der Waals surface area contributed by atoms with E-state index in [1.54, 1.807) is 0 Å². The van der Waals surface area contributed by atoms with Gasteiger partial charge in [0.2, 0.25) is 0 Å². The highest BCUT2D eigenvalue weighted by Gasteiger charge is 2.56. The minimum absolute atomic E-state index is 0.534. The SMILES string of the molecule is CCCOc1ccccc1-c1nnc(N2C[C@@H]3C(CN(C)C)[C@@H]3C2)o1. The van der Waals surface area contributed by atoms with E-state index >= 15 is 0 Å². The maximum absolute atomic E-state index is 5.97. The molecule has 6 heteroatoms. The summed E-state index contributed by atoms with van der Waals surface area (Å²) in [5, 5.41) is 8.54. The summed E-state index contributed by atoms with van der Waals surface area (Å²) in [6.07, 6.45) is 0.966. The molecule has 1 unspecified atom stereocenters. The molecule has 6 nitrogen and oxygen atoms in total. The number of fused-ring (bicyclic) bond motifs is 1. The van der Waals surface area contributed by atoms with E-state index in [1.165, 1.54) is 6.54 Å². The Morgan fingerprint density at radius 1 is 1.20 bits per heavy atom. The Morgan fingerprint density at radius 3 is 2.68 bits per heavy atom. The maximum atomic E-state index is 5.97. The molecule has 0 bridgehead atoms. The van der Waals surface area contributed by atoms with Crippen LogP contribution in [0.15, 0.2) is 28.7 Å². The third-order valence-electron chi connectivity index (χ3n) is 5.21. The van der Waals surface area contributed by atoms with Gasteiger partial charge in [-0.1, -0.05) is 24.2 Å². The zero-order chi connectivity index (χ0) is 17.4. The van der Waals surface area contributed by atoms with Gasteiger partial charge in [-0.3, -0.25) is 0 Å². The van der Waals surface area contributed by atoms with Gasteiger partial charge in [-0.15, -0.1) is 5.10 Å². The van der Waals surface area contributed by atoms with Crippen LogP contribution < -0.4 is 9.64 Å². The molecule has 3 atom stereocenters. The van der Waals surface area contributed by atoms with Crippen molar-refractivity contribution in [3.8, 4) is 17.2 Å². The van der Waals surface area contributed by atoms with Crippen LogP contribution in [-0.2, 0) is 0 Å². The first-order valence-corrected chi connectivity index (χ1v) is 9.12. The van der Waals surface area contributed by atoms with Gasteiger partial charge in [0, 0.05) is 19.6 Å². The number of piperidine rings is 1. The predicted octanol–water partition coefficient (Wildman–Crippen LogP) is 2.77. The zero-order valence-corrected chi connectivity index (χ0v) is 15.2. The molecule has 0 N–H and O–H groups in total. The molecule has 0 amide bonds. The molecule has 2 aliphatic rings. The minimum atomic E-state index is 0.534. The van der Waals surface area contributed by atoms with Gasteiger partial charge in [-0.25, -0.2) is 0 Å². The standard InChI is InChI=1S/C19H26N4O2/c1-4-9-24-17-8-6-5-7-13(17)18-20-21-19(25-18)23-11-15-14(10-22(2)3)16(15)12-23/h5-8,14-16H,4,9-12H2,1-3H3/t14?,15-,16+. The summed E-state index contributed by atoms with van der Waals surface area (Å²) >= 11 is 0. The summed E-state index contributed by atoms with van der Waals surface area (Å²) in [6.45, 7) is 6.01. The Bertz CT molecular complexity index is 718. The summed E-state index contributed by atoms with van der Waals surface area (Å²) in [5.74, 6) is 3.72. The molecule has 1 aliphatic carbocycles. The van der Waals surface area contributed by atoms with Crippen molar-refractivity contribution in [3.63, 3.8) is 0 Å². The lowest BCUT2D eigenvalue weighted by Gasteiger charge is -2.18. The number of ether oxygens (including phenoxy) is 1. The topological polar surface area (TPSA) is 54.6 Å². The smallest absolute Gasteiger partial charge is 0.318 e. The van der Waals surface area contributed by atoms with E-state index in [4.69, 9.17) is 9.15 Å². The molecular formula is C19H26N4O2. The summed E-state index contributed by atoms with van der Waals surface area (Å²) in [5.41, 5.74) is 0.865. The van der Waals surface area contributed by atoms with Crippen molar-refractivity contribution in [2.24, 2.45) is 17.8 Å². The summed E-state index contributed by atoms with van der Waals surface area (Å²) in [6, 6.07) is 8.48. The lowest BCUT2D eigenvalue weighted by molar-refractivity contribution is 0.318. The molecule has 2 heterocycles. The van der Waals surface area contributed by atoms with Crippen molar-refractivity contribution in [1.29, 1.82) is 0 Å². The fourth-order valence-electron chi connectivity index (χ4n) is 3.93. The van der Waals surface area contributed by atoms with Gasteiger partial charge < -0.3 is 19.0 Å². The number of nitrogens with zero attached hydrogens (tertiary/aromatic N) is 4. The molecule has 0 radical (unpaired) electrons. The number of para-hydroxylation sites is 1. The Balaban J connectivity index is 1.44. The normalized spacial score (nSPS) is 24.6. The second-order valence-corrected chi connectivity index (χ2v) is 7.39. The van der Waals surface area contributed by atoms with Crippen LogP contribution in [0.5, 0.6) is 5.75 Å². The monoisotopic (exact) mass is 342 g/mol. The molecule has 4 rings (SSSR count). The molecule has 2 aromatic rings. The van der Waals surface area contributed by atoms with Crippen LogP contribution in [0.4, 0.5) is 6.01 Å². The lowest BCUT2D eigenvalue weighted by atomic mass is 10.2. The average molecular weight is 342 g/mol. The van der Waals surface area contributed by atoms with E-state index in [1.807, 2.05) is 24.3 Å². The maximum Gasteiger partial charge on any atom is 0.318 e. The molecule has 1 aromatic carbocycles. The molecule has 0 spiro atoms. The van der Waals surface area contributed by atoms with Crippen molar-refractivity contribution >= 4 is 6.01 Å². The molecule has 2 fully saturated rings. The molecule has 134 valence electrons. The van der Waals surface area contributed by atoms with Gasteiger partial charge in [0.25, 0.3) is 5.89 Å². The fourth-order valence-corrected chi connectivity index (χ4v) is 3.93. The van der Waals surface area contributed by atoms with Crippen LogP contribution in [0.25, 0.3) is 11.5 Å². The first-order valence-electron chi connectivity index (χ1n) is 9.12. The zero-order valence-electron chi connectivity index (χ0n) is 15.2. The third-order valence-corrected chi connectivity index (χ3v) is 5.21. The van der Waals surface area contributed by atoms with Crippen molar-refractivity contribution in [2.75, 3.05) is 45.2 Å². The quantitative estimate of drug-likeness (QED) is 0.771. The number of rotatable bonds is 7. The van der Waals surface area contributed by atoms with Crippen LogP contribution >= 0.6 is 0 Å². The van der Waals surface area contributed by atoms with Crippen LogP contribution in [0, 0.1) is 17.8 Å². The van der Waals surface area contributed by atoms with Crippen molar-refractivity contribution in [1.82, 2.24) is 15.1 Å². The predicted molar refractivity (Wildman–Crippen MR) is 96.8 cm³/mol. The molecule has 1 aliphatic heterocycles. The number of hydrogen-bond acceptors (Lipinski definition) is 6. The minimum Gasteiger partial charge on any atom is -0.493 e. The van der Waals surface area contributed by atoms with E-state index in [9.17, 15) is 0 Å². The highest BCUT2D eigenvalue weighted by Crippen LogP contribution is 2.52. The highest BCUT2D eigenvalue weighted by atomic mass is 16.5. The Morgan fingerprint density at radius 2 is 1.96 bits per heavy atom. The van der Waals surface area contributed by atoms with Crippen LogP contribution in [0.1, 0.15) is 13.3 Å². The highest BCUT2D eigenvalue weighted by molar-refractivity contribution is 5.62. The molecule has 1 aromatic heterocycles. The Hall–Kier alpha value is -2.08. The van der Waals surface area contributed by atoms with Gasteiger partial charge in [0.1, 0.15) is 5.75 Å². The number of anilines is 1. The van der Waals surface area contributed by atoms with Gasteiger partial charge in [-0.2, -0.15) is 0 Å². The van der Waals surface area contributed by atoms with E-state index < -0.39 is 0 Å². The van der Waals surface area contributed by atoms with Crippen molar-refractivity contribution < 1.29 is 9.15 Å². The molecule has 1 saturated carbocycles. The lowest BCUT2D eigenvalue weighted by Crippen LogP contribution is -2.27. The number of hydrogen-bond donors (Lipinski definition) is 0. The third kappa shape index (κ3) is 3.23. The molecule has 1 saturated heterocycles. The van der Waals surface area contributed by atoms with Crippen LogP contribution in [-0.4, -0.2) is 55.4 Å². The first kappa shape index (κ1) is 16.4. The molecule has 25 heavy (non-hydrogen) atoms. The van der Waals surface area contributed by atoms with Crippen molar-refractivity contribution in [2.45, 2.75) is 13.3 Å². The van der Waals surface area contributed by atoms with Gasteiger partial charge >= 0.3 is 6.01 Å². The van der Waals surface area contributed by atoms with Crippen molar-refractivity contribution in [3.05, 3.63) is 24.3 Å². The summed E-state index contributed by atoms with van der Waals surface area (Å²) in [7, 11) is 4.29. The molecular weight excluding hydrogens is 316 g/mol. The Labute approximate surface area is 148 Å². The number of benzene rings is 1. The number of aromatic nitrogens is 2. The Kier molecular flexibility index (Phi) is 4.37. The van der Waals surface area contributed by atoms with Crippen LogP contribution in [0.2, 0.25) is 0 Å². The first-order chi connectivity index (χ1) is 12.2. The van der Waals surface area contributed by atoms with E-state index in [0.717, 1.165) is 48.6 Å². The van der Waals surface area contributed by atoms with E-state index in [-0.39, 0.29) is 0 Å². The van der Waals surface area contributed by atoms with E-state index in [2.05, 4.69) is 41.0 Å². The largest absolute Gasteiger partial charge is 0.493 e. The van der Waals surface area contributed by atoms with Gasteiger partial charge in [-0.05, 0) is 50.4 Å².